The normalized spacial score (nSPS) is 11.5. The lowest BCUT2D eigenvalue weighted by molar-refractivity contribution is 0.102. The molecule has 1 aromatic carbocycles. The largest absolute Gasteiger partial charge is 0.396 e. The van der Waals surface area contributed by atoms with E-state index < -0.39 is 28.8 Å². The summed E-state index contributed by atoms with van der Waals surface area (Å²) >= 11 is 1.22. The molecule has 0 saturated heterocycles. The van der Waals surface area contributed by atoms with Crippen molar-refractivity contribution < 1.29 is 13.6 Å². The van der Waals surface area contributed by atoms with E-state index in [2.05, 4.69) is 10.3 Å². The number of hydrogen-bond acceptors (Lipinski definition) is 4. The van der Waals surface area contributed by atoms with E-state index in [4.69, 9.17) is 5.73 Å². The molecule has 112 valence electrons. The first kappa shape index (κ1) is 15.4. The maximum atomic E-state index is 13.8. The van der Waals surface area contributed by atoms with Crippen LogP contribution in [0.5, 0.6) is 0 Å². The van der Waals surface area contributed by atoms with Crippen molar-refractivity contribution in [2.45, 2.75) is 26.2 Å². The molecule has 0 unspecified atom stereocenters. The topological polar surface area (TPSA) is 68.0 Å². The van der Waals surface area contributed by atoms with Gasteiger partial charge < -0.3 is 5.73 Å². The summed E-state index contributed by atoms with van der Waals surface area (Å²) in [5, 5.41) is 4.59. The zero-order valence-electron chi connectivity index (χ0n) is 11.8. The number of anilines is 2. The second-order valence-electron chi connectivity index (χ2n) is 5.60. The van der Waals surface area contributed by atoms with Gasteiger partial charge in [-0.1, -0.05) is 20.8 Å². The first-order valence-corrected chi connectivity index (χ1v) is 7.08. The fourth-order valence-corrected chi connectivity index (χ4v) is 2.55. The summed E-state index contributed by atoms with van der Waals surface area (Å²) in [6.07, 6.45) is 0. The summed E-state index contributed by atoms with van der Waals surface area (Å²) in [7, 11) is 0. The highest BCUT2D eigenvalue weighted by Gasteiger charge is 2.20. The molecule has 4 nitrogen and oxygen atoms in total. The number of hydrogen-bond donors (Lipinski definition) is 2. The second-order valence-corrected chi connectivity index (χ2v) is 6.46. The lowest BCUT2D eigenvalue weighted by Gasteiger charge is -2.14. The minimum atomic E-state index is -0.943. The van der Waals surface area contributed by atoms with Gasteiger partial charge in [-0.3, -0.25) is 10.1 Å². The van der Waals surface area contributed by atoms with E-state index >= 15 is 0 Å². The fraction of sp³-hybridized carbons (Fsp3) is 0.286. The van der Waals surface area contributed by atoms with Gasteiger partial charge in [0.1, 0.15) is 5.82 Å². The number of thiazole rings is 1. The van der Waals surface area contributed by atoms with Crippen molar-refractivity contribution >= 4 is 28.1 Å². The highest BCUT2D eigenvalue weighted by atomic mass is 32.1. The van der Waals surface area contributed by atoms with Crippen LogP contribution in [0.15, 0.2) is 17.5 Å². The van der Waals surface area contributed by atoms with E-state index in [0.717, 1.165) is 17.8 Å². The van der Waals surface area contributed by atoms with E-state index in [-0.39, 0.29) is 5.41 Å². The highest BCUT2D eigenvalue weighted by Crippen LogP contribution is 2.27. The molecule has 21 heavy (non-hydrogen) atoms. The number of nitrogens with one attached hydrogen (secondary N) is 1. The van der Waals surface area contributed by atoms with Crippen molar-refractivity contribution in [3.63, 3.8) is 0 Å². The second kappa shape index (κ2) is 5.40. The van der Waals surface area contributed by atoms with Crippen LogP contribution in [0.4, 0.5) is 19.6 Å². The van der Waals surface area contributed by atoms with Crippen molar-refractivity contribution in [1.82, 2.24) is 4.98 Å². The summed E-state index contributed by atoms with van der Waals surface area (Å²) in [6.45, 7) is 5.96. The number of aromatic nitrogens is 1. The van der Waals surface area contributed by atoms with Crippen molar-refractivity contribution in [3.05, 3.63) is 40.4 Å². The third kappa shape index (κ3) is 3.36. The average molecular weight is 311 g/mol. The SMILES string of the molecule is CC(C)(C)c1csc(NC(=O)c2cc(F)cc(N)c2F)n1. The minimum Gasteiger partial charge on any atom is -0.396 e. The maximum absolute atomic E-state index is 13.8. The molecule has 0 saturated carbocycles. The van der Waals surface area contributed by atoms with Crippen LogP contribution in [0.25, 0.3) is 0 Å². The van der Waals surface area contributed by atoms with Gasteiger partial charge in [0, 0.05) is 10.8 Å². The molecule has 2 rings (SSSR count). The molecule has 1 amide bonds. The standard InChI is InChI=1S/C14H15F2N3OS/c1-14(2,3)10-6-21-13(18-10)19-12(20)8-4-7(15)5-9(17)11(8)16/h4-6H,17H2,1-3H3,(H,18,19,20). The number of nitrogen functional groups attached to an aromatic ring is 1. The van der Waals surface area contributed by atoms with Crippen LogP contribution in [-0.2, 0) is 5.41 Å². The third-order valence-electron chi connectivity index (χ3n) is 2.80. The maximum Gasteiger partial charge on any atom is 0.260 e. The van der Waals surface area contributed by atoms with Crippen LogP contribution >= 0.6 is 11.3 Å². The number of benzene rings is 1. The van der Waals surface area contributed by atoms with Gasteiger partial charge in [-0.2, -0.15) is 0 Å². The Morgan fingerprint density at radius 2 is 2.00 bits per heavy atom. The zero-order chi connectivity index (χ0) is 15.8. The van der Waals surface area contributed by atoms with E-state index in [1.54, 1.807) is 0 Å². The van der Waals surface area contributed by atoms with Gasteiger partial charge in [0.05, 0.1) is 16.9 Å². The van der Waals surface area contributed by atoms with Gasteiger partial charge in [0.2, 0.25) is 0 Å². The first-order chi connectivity index (χ1) is 9.68. The first-order valence-electron chi connectivity index (χ1n) is 6.20. The van der Waals surface area contributed by atoms with Gasteiger partial charge in [-0.25, -0.2) is 13.8 Å². The molecule has 0 bridgehead atoms. The summed E-state index contributed by atoms with van der Waals surface area (Å²) < 4.78 is 27.0. The van der Waals surface area contributed by atoms with Crippen molar-refractivity contribution in [2.75, 3.05) is 11.1 Å². The Hall–Kier alpha value is -2.02. The van der Waals surface area contributed by atoms with Crippen LogP contribution in [0, 0.1) is 11.6 Å². The van der Waals surface area contributed by atoms with Crippen LogP contribution in [0.2, 0.25) is 0 Å². The van der Waals surface area contributed by atoms with Crippen molar-refractivity contribution in [1.29, 1.82) is 0 Å². The highest BCUT2D eigenvalue weighted by molar-refractivity contribution is 7.14. The number of nitrogens with zero attached hydrogens (tertiary/aromatic N) is 1. The van der Waals surface area contributed by atoms with E-state index in [0.29, 0.717) is 5.13 Å². The molecule has 0 aliphatic rings. The molecule has 2 aromatic rings. The van der Waals surface area contributed by atoms with Gasteiger partial charge in [0.15, 0.2) is 10.9 Å². The molecular formula is C14H15F2N3OS. The molecule has 7 heteroatoms. The molecule has 0 atom stereocenters. The number of halogens is 2. The zero-order valence-corrected chi connectivity index (χ0v) is 12.6. The van der Waals surface area contributed by atoms with Crippen molar-refractivity contribution in [2.24, 2.45) is 0 Å². The minimum absolute atomic E-state index is 0.159. The Labute approximate surface area is 125 Å². The molecule has 0 spiro atoms. The Morgan fingerprint density at radius 3 is 2.57 bits per heavy atom. The van der Waals surface area contributed by atoms with E-state index in [1.807, 2.05) is 26.2 Å². The van der Waals surface area contributed by atoms with E-state index in [9.17, 15) is 13.6 Å². The van der Waals surface area contributed by atoms with Crippen LogP contribution in [0.1, 0.15) is 36.8 Å². The smallest absolute Gasteiger partial charge is 0.260 e. The lowest BCUT2D eigenvalue weighted by Crippen LogP contribution is -2.16. The Balaban J connectivity index is 2.25. The molecule has 0 aliphatic carbocycles. The molecule has 0 radical (unpaired) electrons. The average Bonchev–Trinajstić information content (AvgIpc) is 2.82. The number of carbonyl (C=O) groups is 1. The summed E-state index contributed by atoms with van der Waals surface area (Å²) in [5.74, 6) is -2.50. The summed E-state index contributed by atoms with van der Waals surface area (Å²) in [5.41, 5.74) is 5.10. The van der Waals surface area contributed by atoms with Crippen LogP contribution in [0.3, 0.4) is 0 Å². The Bertz CT molecular complexity index is 692. The molecule has 1 aromatic heterocycles. The molecular weight excluding hydrogens is 296 g/mol. The summed E-state index contributed by atoms with van der Waals surface area (Å²) in [6, 6.07) is 1.63. The monoisotopic (exact) mass is 311 g/mol. The van der Waals surface area contributed by atoms with Crippen LogP contribution < -0.4 is 11.1 Å². The fourth-order valence-electron chi connectivity index (χ4n) is 1.62. The molecule has 3 N–H and O–H groups in total. The molecule has 0 fully saturated rings. The summed E-state index contributed by atoms with van der Waals surface area (Å²) in [4.78, 5) is 16.3. The quantitative estimate of drug-likeness (QED) is 0.833. The van der Waals surface area contributed by atoms with Gasteiger partial charge in [-0.15, -0.1) is 11.3 Å². The van der Waals surface area contributed by atoms with Crippen LogP contribution in [-0.4, -0.2) is 10.9 Å². The van der Waals surface area contributed by atoms with Gasteiger partial charge >= 0.3 is 0 Å². The number of carbonyl (C=O) groups excluding carboxylic acids is 1. The number of amides is 1. The Kier molecular flexibility index (Phi) is 3.95. The van der Waals surface area contributed by atoms with E-state index in [1.165, 1.54) is 11.3 Å². The number of nitrogens with two attached hydrogens (primary N) is 1. The number of rotatable bonds is 2. The Morgan fingerprint density at radius 1 is 1.33 bits per heavy atom. The third-order valence-corrected chi connectivity index (χ3v) is 3.56. The van der Waals surface area contributed by atoms with Gasteiger partial charge in [-0.05, 0) is 12.1 Å². The lowest BCUT2D eigenvalue weighted by atomic mass is 9.93. The predicted octanol–water partition coefficient (Wildman–Crippen LogP) is 3.55. The van der Waals surface area contributed by atoms with Gasteiger partial charge in [0.25, 0.3) is 5.91 Å². The van der Waals surface area contributed by atoms with Crippen molar-refractivity contribution in [3.8, 4) is 0 Å². The predicted molar refractivity (Wildman–Crippen MR) is 79.5 cm³/mol. The molecule has 1 heterocycles. The molecule has 0 aliphatic heterocycles.